The molecular formula is C34H43ClN2O6. The van der Waals surface area contributed by atoms with Gasteiger partial charge in [0, 0.05) is 38.3 Å². The first-order valence-electron chi connectivity index (χ1n) is 15.8. The normalized spacial score (nSPS) is 30.2. The minimum Gasteiger partial charge on any atom is -0.487 e. The Kier molecular flexibility index (Phi) is 8.90. The Hall–Kier alpha value is -2.81. The Morgan fingerprint density at radius 1 is 1.05 bits per heavy atom. The lowest BCUT2D eigenvalue weighted by Gasteiger charge is -2.47. The van der Waals surface area contributed by atoms with Crippen molar-refractivity contribution >= 4 is 29.2 Å². The number of halogens is 1. The van der Waals surface area contributed by atoms with Crippen LogP contribution in [0.2, 0.25) is 5.02 Å². The Bertz CT molecular complexity index is 1350. The summed E-state index contributed by atoms with van der Waals surface area (Å²) in [5.41, 5.74) is 0.836. The number of fused-ring (bicyclic) bond motifs is 6. The lowest BCUT2D eigenvalue weighted by molar-refractivity contribution is -0.164. The van der Waals surface area contributed by atoms with Crippen molar-refractivity contribution < 1.29 is 29.3 Å². The van der Waals surface area contributed by atoms with E-state index in [0.29, 0.717) is 41.7 Å². The van der Waals surface area contributed by atoms with Crippen molar-refractivity contribution in [2.45, 2.75) is 76.1 Å². The van der Waals surface area contributed by atoms with Gasteiger partial charge in [-0.05, 0) is 110 Å². The number of carbonyl (C=O) groups is 2. The lowest BCUT2D eigenvalue weighted by atomic mass is 9.67. The molecule has 0 spiro atoms. The highest BCUT2D eigenvalue weighted by atomic mass is 35.5. The zero-order valence-corrected chi connectivity index (χ0v) is 25.7. The summed E-state index contributed by atoms with van der Waals surface area (Å²) in [6, 6.07) is 11.0. The highest BCUT2D eigenvalue weighted by Gasteiger charge is 2.44. The van der Waals surface area contributed by atoms with Crippen LogP contribution in [0.15, 0.2) is 36.4 Å². The fourth-order valence-corrected chi connectivity index (χ4v) is 7.60. The summed E-state index contributed by atoms with van der Waals surface area (Å²) in [5, 5.41) is 22.6. The number of aryl methyl sites for hydroxylation is 1. The number of nitrogens with zero attached hydrogens (tertiary/aromatic N) is 2. The third kappa shape index (κ3) is 6.38. The number of carboxylic acid groups (broad SMARTS) is 1. The summed E-state index contributed by atoms with van der Waals surface area (Å²) in [5.74, 6) is 0.201. The molecule has 43 heavy (non-hydrogen) atoms. The van der Waals surface area contributed by atoms with Crippen molar-refractivity contribution in [1.82, 2.24) is 4.90 Å². The van der Waals surface area contributed by atoms with Crippen molar-refractivity contribution in [1.29, 1.82) is 0 Å². The summed E-state index contributed by atoms with van der Waals surface area (Å²) >= 11 is 6.33. The number of hydrogen-bond acceptors (Lipinski definition) is 6. The van der Waals surface area contributed by atoms with Crippen LogP contribution in [0.5, 0.6) is 5.75 Å². The van der Waals surface area contributed by atoms with E-state index in [9.17, 15) is 19.8 Å². The first-order chi connectivity index (χ1) is 20.7. The molecule has 9 heteroatoms. The second kappa shape index (κ2) is 12.7. The standard InChI is InChI=1S/C34H43ClN2O6/c1-36-14-11-22-12-15-42-31(16-22)28-9-6-24(28)20-37-13-3-2-4-23-17-27(35)8-5-25(23)21-43-30-10-7-26(18-29(30)37)34(41,33(39)40)19-32(36)38/h5,7-8,10,17-18,22,24,28,31,41H,2-4,6,9,11-16,19-21H2,1H3,(H,39,40)/t22-,24+,28-,31+,34-/m1/s1. The summed E-state index contributed by atoms with van der Waals surface area (Å²) in [6.07, 6.45) is 7.58. The number of amides is 1. The number of hydrogen-bond donors (Lipinski definition) is 2. The molecule has 5 atom stereocenters. The molecule has 6 rings (SSSR count). The van der Waals surface area contributed by atoms with Gasteiger partial charge in [-0.1, -0.05) is 23.7 Å². The minimum absolute atomic E-state index is 0.189. The molecule has 0 unspecified atom stereocenters. The quantitative estimate of drug-likeness (QED) is 0.446. The summed E-state index contributed by atoms with van der Waals surface area (Å²) in [7, 11) is 1.70. The van der Waals surface area contributed by atoms with Crippen LogP contribution in [0.3, 0.4) is 0 Å². The van der Waals surface area contributed by atoms with E-state index < -0.39 is 18.0 Å². The van der Waals surface area contributed by atoms with E-state index in [1.165, 1.54) is 5.56 Å². The summed E-state index contributed by atoms with van der Waals surface area (Å²) in [6.45, 7) is 3.19. The minimum atomic E-state index is -2.36. The Morgan fingerprint density at radius 3 is 2.70 bits per heavy atom. The third-order valence-corrected chi connectivity index (χ3v) is 10.6. The van der Waals surface area contributed by atoms with Gasteiger partial charge in [-0.25, -0.2) is 4.79 Å². The van der Waals surface area contributed by atoms with Crippen LogP contribution in [0, 0.1) is 17.8 Å². The van der Waals surface area contributed by atoms with Crippen molar-refractivity contribution in [3.63, 3.8) is 0 Å². The van der Waals surface area contributed by atoms with Gasteiger partial charge in [-0.3, -0.25) is 4.79 Å². The second-order valence-electron chi connectivity index (χ2n) is 13.0. The molecule has 4 bridgehead atoms. The first-order valence-corrected chi connectivity index (χ1v) is 16.2. The van der Waals surface area contributed by atoms with Gasteiger partial charge in [-0.15, -0.1) is 0 Å². The van der Waals surface area contributed by atoms with E-state index in [0.717, 1.165) is 82.3 Å². The summed E-state index contributed by atoms with van der Waals surface area (Å²) in [4.78, 5) is 29.8. The first kappa shape index (κ1) is 30.2. The van der Waals surface area contributed by atoms with Gasteiger partial charge < -0.3 is 29.5 Å². The average molecular weight is 611 g/mol. The fraction of sp³-hybridized carbons (Fsp3) is 0.588. The predicted molar refractivity (Wildman–Crippen MR) is 164 cm³/mol. The van der Waals surface area contributed by atoms with E-state index >= 15 is 0 Å². The molecular weight excluding hydrogens is 568 g/mol. The van der Waals surface area contributed by atoms with Gasteiger partial charge in [0.25, 0.3) is 0 Å². The largest absolute Gasteiger partial charge is 0.487 e. The number of anilines is 1. The number of carbonyl (C=O) groups excluding carboxylic acids is 1. The molecule has 2 N–H and O–H groups in total. The monoisotopic (exact) mass is 610 g/mol. The molecule has 3 aliphatic heterocycles. The van der Waals surface area contributed by atoms with E-state index in [2.05, 4.69) is 4.90 Å². The average Bonchev–Trinajstić information content (AvgIpc) is 3.00. The molecule has 3 heterocycles. The zero-order chi connectivity index (χ0) is 30.1. The molecule has 0 radical (unpaired) electrons. The van der Waals surface area contributed by atoms with Crippen LogP contribution < -0.4 is 9.64 Å². The van der Waals surface area contributed by atoms with Crippen LogP contribution in [-0.2, 0) is 33.0 Å². The number of rotatable bonds is 1. The van der Waals surface area contributed by atoms with Gasteiger partial charge >= 0.3 is 5.97 Å². The molecule has 2 fully saturated rings. The van der Waals surface area contributed by atoms with Crippen molar-refractivity contribution in [3.8, 4) is 5.75 Å². The van der Waals surface area contributed by atoms with Crippen LogP contribution in [-0.4, -0.2) is 66.4 Å². The van der Waals surface area contributed by atoms with Gasteiger partial charge in [0.1, 0.15) is 12.4 Å². The number of aliphatic hydroxyl groups is 1. The zero-order valence-electron chi connectivity index (χ0n) is 25.0. The van der Waals surface area contributed by atoms with Gasteiger partial charge in [0.05, 0.1) is 18.2 Å². The summed E-state index contributed by atoms with van der Waals surface area (Å²) < 4.78 is 12.8. The van der Waals surface area contributed by atoms with E-state index in [-0.39, 0.29) is 17.6 Å². The third-order valence-electron chi connectivity index (χ3n) is 10.3. The SMILES string of the molecule is CN1CC[C@@H]2CCO[C@@H](C2)[C@@H]2CC[C@H]2CN2CCCCc3cc(Cl)ccc3COc3ccc(cc32)[C@@](O)(C(=O)O)CC1=O. The van der Waals surface area contributed by atoms with E-state index in [1.54, 1.807) is 30.1 Å². The van der Waals surface area contributed by atoms with E-state index in [4.69, 9.17) is 21.1 Å². The Morgan fingerprint density at radius 2 is 1.91 bits per heavy atom. The number of aliphatic carboxylic acids is 1. The molecule has 2 aromatic rings. The maximum Gasteiger partial charge on any atom is 0.340 e. The molecule has 2 aromatic carbocycles. The maximum absolute atomic E-state index is 13.3. The van der Waals surface area contributed by atoms with Crippen molar-refractivity contribution in [2.75, 3.05) is 38.2 Å². The number of ether oxygens (including phenoxy) is 2. The van der Waals surface area contributed by atoms with Gasteiger partial charge in [0.2, 0.25) is 5.91 Å². The lowest BCUT2D eigenvalue weighted by Crippen LogP contribution is -2.47. The fourth-order valence-electron chi connectivity index (χ4n) is 7.41. The van der Waals surface area contributed by atoms with Crippen molar-refractivity contribution in [3.05, 3.63) is 58.1 Å². The van der Waals surface area contributed by atoms with Gasteiger partial charge in [-0.2, -0.15) is 0 Å². The smallest absolute Gasteiger partial charge is 0.340 e. The molecule has 1 saturated heterocycles. The van der Waals surface area contributed by atoms with Crippen LogP contribution in [0.25, 0.3) is 0 Å². The number of benzene rings is 2. The maximum atomic E-state index is 13.3. The molecule has 0 aromatic heterocycles. The molecule has 232 valence electrons. The Labute approximate surface area is 258 Å². The Balaban J connectivity index is 1.41. The highest BCUT2D eigenvalue weighted by molar-refractivity contribution is 6.30. The predicted octanol–water partition coefficient (Wildman–Crippen LogP) is 5.41. The van der Waals surface area contributed by atoms with Gasteiger partial charge in [0.15, 0.2) is 5.60 Å². The molecule has 1 aliphatic carbocycles. The van der Waals surface area contributed by atoms with Crippen LogP contribution >= 0.6 is 11.6 Å². The molecule has 1 saturated carbocycles. The molecule has 8 nitrogen and oxygen atoms in total. The van der Waals surface area contributed by atoms with Crippen LogP contribution in [0.4, 0.5) is 5.69 Å². The number of carboxylic acids is 1. The van der Waals surface area contributed by atoms with Crippen molar-refractivity contribution in [2.24, 2.45) is 17.8 Å². The molecule has 4 aliphatic rings. The topological polar surface area (TPSA) is 99.5 Å². The van der Waals surface area contributed by atoms with Crippen LogP contribution in [0.1, 0.15) is 68.1 Å². The second-order valence-corrected chi connectivity index (χ2v) is 13.5. The molecule has 1 amide bonds. The van der Waals surface area contributed by atoms with E-state index in [1.807, 2.05) is 18.2 Å². The highest BCUT2D eigenvalue weighted by Crippen LogP contribution is 2.45.